The van der Waals surface area contributed by atoms with E-state index in [1.54, 1.807) is 29.2 Å². The van der Waals surface area contributed by atoms with Crippen LogP contribution in [-0.2, 0) is 0 Å². The van der Waals surface area contributed by atoms with Gasteiger partial charge in [0, 0.05) is 26.2 Å². The number of nitrogens with one attached hydrogen (secondary N) is 1. The van der Waals surface area contributed by atoms with Gasteiger partial charge in [0.1, 0.15) is 0 Å². The summed E-state index contributed by atoms with van der Waals surface area (Å²) in [5, 5.41) is 12.1. The number of nitrogens with zero attached hydrogens (tertiary/aromatic N) is 2. The molecule has 2 rings (SSSR count). The van der Waals surface area contributed by atoms with Gasteiger partial charge in [0.05, 0.1) is 17.2 Å². The molecule has 0 bridgehead atoms. The SMILES string of the molecule is N#Cc1ccccc1C(=O)N1CCNCC1. The Morgan fingerprint density at radius 1 is 1.31 bits per heavy atom. The van der Waals surface area contributed by atoms with Crippen molar-refractivity contribution in [2.75, 3.05) is 26.2 Å². The Morgan fingerprint density at radius 2 is 2.00 bits per heavy atom. The molecule has 1 aromatic carbocycles. The highest BCUT2D eigenvalue weighted by Crippen LogP contribution is 2.11. The molecule has 1 aliphatic rings. The van der Waals surface area contributed by atoms with E-state index >= 15 is 0 Å². The zero-order valence-electron chi connectivity index (χ0n) is 8.94. The first-order valence-corrected chi connectivity index (χ1v) is 5.32. The average Bonchev–Trinajstić information content (AvgIpc) is 2.39. The monoisotopic (exact) mass is 215 g/mol. The maximum Gasteiger partial charge on any atom is 0.255 e. The molecule has 1 heterocycles. The van der Waals surface area contributed by atoms with E-state index in [0.717, 1.165) is 13.1 Å². The van der Waals surface area contributed by atoms with Gasteiger partial charge >= 0.3 is 0 Å². The van der Waals surface area contributed by atoms with Crippen LogP contribution in [0.4, 0.5) is 0 Å². The standard InChI is InChI=1S/C12H13N3O/c13-9-10-3-1-2-4-11(10)12(16)15-7-5-14-6-8-15/h1-4,14H,5-8H2. The molecule has 1 N–H and O–H groups in total. The minimum atomic E-state index is -0.0429. The third-order valence-electron chi connectivity index (χ3n) is 2.68. The molecule has 0 aliphatic carbocycles. The van der Waals surface area contributed by atoms with Crippen molar-refractivity contribution in [1.29, 1.82) is 5.26 Å². The lowest BCUT2D eigenvalue weighted by Crippen LogP contribution is -2.46. The van der Waals surface area contributed by atoms with Gasteiger partial charge in [0.2, 0.25) is 0 Å². The molecule has 1 aromatic rings. The van der Waals surface area contributed by atoms with Crippen LogP contribution < -0.4 is 5.32 Å². The Labute approximate surface area is 94.5 Å². The van der Waals surface area contributed by atoms with Gasteiger partial charge in [-0.05, 0) is 12.1 Å². The largest absolute Gasteiger partial charge is 0.336 e. The molecule has 1 fully saturated rings. The van der Waals surface area contributed by atoms with Crippen LogP contribution in [0.15, 0.2) is 24.3 Å². The highest BCUT2D eigenvalue weighted by Gasteiger charge is 2.19. The number of piperazine rings is 1. The second-order valence-corrected chi connectivity index (χ2v) is 3.70. The van der Waals surface area contributed by atoms with Crippen LogP contribution in [0.1, 0.15) is 15.9 Å². The molecule has 1 saturated heterocycles. The minimum absolute atomic E-state index is 0.0429. The first-order chi connectivity index (χ1) is 7.83. The molecule has 1 aliphatic heterocycles. The number of carbonyl (C=O) groups excluding carboxylic acids is 1. The Morgan fingerprint density at radius 3 is 2.69 bits per heavy atom. The van der Waals surface area contributed by atoms with E-state index in [4.69, 9.17) is 5.26 Å². The molecule has 0 atom stereocenters. The summed E-state index contributed by atoms with van der Waals surface area (Å²) in [7, 11) is 0. The Kier molecular flexibility index (Phi) is 3.18. The minimum Gasteiger partial charge on any atom is -0.336 e. The molecule has 82 valence electrons. The van der Waals surface area contributed by atoms with Gasteiger partial charge in [-0.15, -0.1) is 0 Å². The smallest absolute Gasteiger partial charge is 0.255 e. The quantitative estimate of drug-likeness (QED) is 0.746. The number of benzene rings is 1. The van der Waals surface area contributed by atoms with Crippen LogP contribution in [0.5, 0.6) is 0 Å². The highest BCUT2D eigenvalue weighted by atomic mass is 16.2. The summed E-state index contributed by atoms with van der Waals surface area (Å²) in [5.74, 6) is -0.0429. The number of hydrogen-bond acceptors (Lipinski definition) is 3. The first kappa shape index (κ1) is 10.7. The van der Waals surface area contributed by atoms with E-state index in [1.807, 2.05) is 0 Å². The topological polar surface area (TPSA) is 56.1 Å². The molecule has 1 amide bonds. The van der Waals surface area contributed by atoms with Gasteiger partial charge in [-0.1, -0.05) is 12.1 Å². The number of hydrogen-bond donors (Lipinski definition) is 1. The Bertz CT molecular complexity index is 430. The highest BCUT2D eigenvalue weighted by molar-refractivity contribution is 5.96. The maximum absolute atomic E-state index is 12.1. The van der Waals surface area contributed by atoms with E-state index in [2.05, 4.69) is 11.4 Å². The fraction of sp³-hybridized carbons (Fsp3) is 0.333. The predicted octanol–water partition coefficient (Wildman–Crippen LogP) is 0.604. The third kappa shape index (κ3) is 2.05. The summed E-state index contributed by atoms with van der Waals surface area (Å²) in [6, 6.07) is 9.00. The Hall–Kier alpha value is -1.86. The van der Waals surface area contributed by atoms with Crippen molar-refractivity contribution in [1.82, 2.24) is 10.2 Å². The van der Waals surface area contributed by atoms with Crippen LogP contribution in [0, 0.1) is 11.3 Å². The van der Waals surface area contributed by atoms with Crippen LogP contribution >= 0.6 is 0 Å². The van der Waals surface area contributed by atoms with Crippen molar-refractivity contribution in [3.05, 3.63) is 35.4 Å². The lowest BCUT2D eigenvalue weighted by Gasteiger charge is -2.27. The van der Waals surface area contributed by atoms with Gasteiger partial charge in [0.25, 0.3) is 5.91 Å². The molecule has 0 saturated carbocycles. The molecular weight excluding hydrogens is 202 g/mol. The summed E-state index contributed by atoms with van der Waals surface area (Å²) in [6.45, 7) is 3.05. The van der Waals surface area contributed by atoms with Crippen LogP contribution in [0.2, 0.25) is 0 Å². The van der Waals surface area contributed by atoms with Gasteiger partial charge in [-0.2, -0.15) is 5.26 Å². The van der Waals surface area contributed by atoms with Gasteiger partial charge in [-0.3, -0.25) is 4.79 Å². The van der Waals surface area contributed by atoms with Gasteiger partial charge in [0.15, 0.2) is 0 Å². The van der Waals surface area contributed by atoms with E-state index < -0.39 is 0 Å². The van der Waals surface area contributed by atoms with Crippen molar-refractivity contribution in [2.45, 2.75) is 0 Å². The second-order valence-electron chi connectivity index (χ2n) is 3.70. The number of carbonyl (C=O) groups is 1. The predicted molar refractivity (Wildman–Crippen MR) is 59.9 cm³/mol. The van der Waals surface area contributed by atoms with E-state index in [9.17, 15) is 4.79 Å². The molecule has 0 unspecified atom stereocenters. The van der Waals surface area contributed by atoms with Crippen LogP contribution in [-0.4, -0.2) is 37.0 Å². The lowest BCUT2D eigenvalue weighted by atomic mass is 10.1. The molecule has 0 radical (unpaired) electrons. The summed E-state index contributed by atoms with van der Waals surface area (Å²) in [6.07, 6.45) is 0. The summed E-state index contributed by atoms with van der Waals surface area (Å²) >= 11 is 0. The van der Waals surface area contributed by atoms with Crippen molar-refractivity contribution in [2.24, 2.45) is 0 Å². The zero-order valence-corrected chi connectivity index (χ0v) is 8.94. The second kappa shape index (κ2) is 4.77. The third-order valence-corrected chi connectivity index (χ3v) is 2.68. The summed E-state index contributed by atoms with van der Waals surface area (Å²) in [5.41, 5.74) is 0.956. The first-order valence-electron chi connectivity index (χ1n) is 5.32. The molecule has 16 heavy (non-hydrogen) atoms. The van der Waals surface area contributed by atoms with Gasteiger partial charge in [-0.25, -0.2) is 0 Å². The van der Waals surface area contributed by atoms with Crippen LogP contribution in [0.3, 0.4) is 0 Å². The van der Waals surface area contributed by atoms with Crippen molar-refractivity contribution in [3.63, 3.8) is 0 Å². The normalized spacial score (nSPS) is 15.6. The van der Waals surface area contributed by atoms with Crippen LogP contribution in [0.25, 0.3) is 0 Å². The Balaban J connectivity index is 2.23. The summed E-state index contributed by atoms with van der Waals surface area (Å²) in [4.78, 5) is 13.9. The summed E-state index contributed by atoms with van der Waals surface area (Å²) < 4.78 is 0. The number of amides is 1. The molecule has 4 nitrogen and oxygen atoms in total. The fourth-order valence-corrected chi connectivity index (χ4v) is 1.81. The molecular formula is C12H13N3O. The molecule has 4 heteroatoms. The fourth-order valence-electron chi connectivity index (χ4n) is 1.81. The van der Waals surface area contributed by atoms with E-state index in [-0.39, 0.29) is 5.91 Å². The van der Waals surface area contributed by atoms with Crippen molar-refractivity contribution < 1.29 is 4.79 Å². The average molecular weight is 215 g/mol. The van der Waals surface area contributed by atoms with Crippen molar-refractivity contribution in [3.8, 4) is 6.07 Å². The molecule has 0 spiro atoms. The maximum atomic E-state index is 12.1. The molecule has 0 aromatic heterocycles. The zero-order chi connectivity index (χ0) is 11.4. The van der Waals surface area contributed by atoms with Gasteiger partial charge < -0.3 is 10.2 Å². The lowest BCUT2D eigenvalue weighted by molar-refractivity contribution is 0.0735. The van der Waals surface area contributed by atoms with Crippen molar-refractivity contribution >= 4 is 5.91 Å². The van der Waals surface area contributed by atoms with E-state index in [1.165, 1.54) is 0 Å². The number of nitriles is 1. The van der Waals surface area contributed by atoms with E-state index in [0.29, 0.717) is 24.2 Å². The number of rotatable bonds is 1.